The minimum Gasteiger partial charge on any atom is -0.383 e. The van der Waals surface area contributed by atoms with Crippen LogP contribution in [0.25, 0.3) is 0 Å². The Hall–Kier alpha value is -2.12. The molecule has 0 aromatic heterocycles. The van der Waals surface area contributed by atoms with Crippen LogP contribution in [0.5, 0.6) is 0 Å². The molecule has 18 heavy (non-hydrogen) atoms. The minimum absolute atomic E-state index is 0.251. The molecule has 0 aliphatic rings. The maximum absolute atomic E-state index is 10.5. The number of nitrogens with zero attached hydrogens (tertiary/aromatic N) is 2. The molecule has 0 radical (unpaired) electrons. The summed E-state index contributed by atoms with van der Waals surface area (Å²) in [6.07, 6.45) is 0. The monoisotopic (exact) mass is 276 g/mol. The molecule has 1 atom stereocenters. The van der Waals surface area contributed by atoms with Gasteiger partial charge in [0.25, 0.3) is 11.4 Å². The highest BCUT2D eigenvalue weighted by atomic mass is 31.1. The van der Waals surface area contributed by atoms with Crippen LogP contribution in [0.3, 0.4) is 0 Å². The van der Waals surface area contributed by atoms with Crippen molar-refractivity contribution < 1.29 is 19.3 Å². The van der Waals surface area contributed by atoms with Gasteiger partial charge in [-0.25, -0.2) is 0 Å². The first-order valence-electron chi connectivity index (χ1n) is 4.50. The molecule has 10 heteroatoms. The minimum atomic E-state index is -1.87. The van der Waals surface area contributed by atoms with Gasteiger partial charge < -0.3 is 5.32 Å². The van der Waals surface area contributed by atoms with Crippen LogP contribution in [0.4, 0.5) is 17.1 Å². The number of non-ortho nitro benzene ring substituents is 1. The smallest absolute Gasteiger partial charge is 0.383 e. The third-order valence-electron chi connectivity index (χ3n) is 1.66. The maximum Gasteiger partial charge on any atom is 0.502 e. The molecule has 0 fully saturated rings. The van der Waals surface area contributed by atoms with Gasteiger partial charge in [-0.05, 0) is 10.6 Å². The van der Waals surface area contributed by atoms with E-state index in [4.69, 9.17) is 9.46 Å². The number of hydrogen-bond acceptors (Lipinski definition) is 6. The highest BCUT2D eigenvalue weighted by molar-refractivity contribution is 7.36. The van der Waals surface area contributed by atoms with Crippen molar-refractivity contribution in [2.45, 2.75) is 0 Å². The van der Waals surface area contributed by atoms with E-state index in [1.165, 1.54) is 25.8 Å². The lowest BCUT2D eigenvalue weighted by atomic mass is 10.2. The average molecular weight is 276 g/mol. The number of anilines is 1. The van der Waals surface area contributed by atoms with Crippen molar-refractivity contribution in [3.8, 4) is 0 Å². The van der Waals surface area contributed by atoms with Crippen LogP contribution in [0.15, 0.2) is 18.2 Å². The molecule has 0 saturated heterocycles. The van der Waals surface area contributed by atoms with E-state index in [9.17, 15) is 20.2 Å². The topological polar surface area (TPSA) is 136 Å². The molecule has 98 valence electrons. The summed E-state index contributed by atoms with van der Waals surface area (Å²) in [6.45, 7) is 1.23. The van der Waals surface area contributed by atoms with Crippen LogP contribution in [0.1, 0.15) is 0 Å². The van der Waals surface area contributed by atoms with E-state index in [1.54, 1.807) is 0 Å². The number of nitrogens with one attached hydrogen (secondary N) is 1. The molecule has 0 aliphatic carbocycles. The van der Waals surface area contributed by atoms with Gasteiger partial charge in [-0.2, -0.15) is 4.89 Å². The summed E-state index contributed by atoms with van der Waals surface area (Å²) in [4.78, 5) is 27.1. The second kappa shape index (κ2) is 7.25. The van der Waals surface area contributed by atoms with E-state index in [-0.39, 0.29) is 17.1 Å². The normalized spacial score (nSPS) is 9.83. The van der Waals surface area contributed by atoms with Gasteiger partial charge in [-0.15, -0.1) is 0 Å². The lowest BCUT2D eigenvalue weighted by Crippen LogP contribution is -1.98. The molecule has 0 saturated carbocycles. The number of hydrogen-bond donors (Lipinski definition) is 2. The number of nitro groups is 2. The summed E-state index contributed by atoms with van der Waals surface area (Å²) in [6, 6.07) is 3.43. The molecule has 0 heterocycles. The van der Waals surface area contributed by atoms with Crippen molar-refractivity contribution in [1.82, 2.24) is 0 Å². The predicted octanol–water partition coefficient (Wildman–Crippen LogP) is 1.90. The van der Waals surface area contributed by atoms with Crippen molar-refractivity contribution in [1.29, 1.82) is 0 Å². The van der Waals surface area contributed by atoms with E-state index in [0.29, 0.717) is 0 Å². The number of rotatable bonds is 3. The molecule has 0 aliphatic heterocycles. The van der Waals surface area contributed by atoms with E-state index in [0.717, 1.165) is 6.07 Å². The van der Waals surface area contributed by atoms with E-state index in [1.807, 2.05) is 0 Å². The fourth-order valence-corrected chi connectivity index (χ4v) is 0.996. The van der Waals surface area contributed by atoms with Crippen LogP contribution in [0.2, 0.25) is 0 Å². The second-order valence-electron chi connectivity index (χ2n) is 2.93. The summed E-state index contributed by atoms with van der Waals surface area (Å²) in [5.74, 6) is 0. The molecule has 1 unspecified atom stereocenters. The number of nitro benzene ring substituents is 2. The summed E-state index contributed by atoms with van der Waals surface area (Å²) < 4.78 is 9.15. The van der Waals surface area contributed by atoms with Crippen LogP contribution < -0.4 is 5.32 Å². The zero-order valence-corrected chi connectivity index (χ0v) is 10.5. The summed E-state index contributed by atoms with van der Waals surface area (Å²) >= 11 is 0. The molecule has 1 aromatic rings. The molecule has 2 N–H and O–H groups in total. The van der Waals surface area contributed by atoms with Crippen molar-refractivity contribution in [3.05, 3.63) is 38.4 Å². The Morgan fingerprint density at radius 3 is 2.11 bits per heavy atom. The fraction of sp³-hybridized carbons (Fsp3) is 0.250. The Balaban J connectivity index is 0.000000631. The SMILES string of the molecule is CNc1ccc([N+](=O)[O-])cc1[N+](=O)[O-].C[P+](=O)O. The molecule has 1 rings (SSSR count). The molecule has 0 spiro atoms. The molecule has 0 amide bonds. The van der Waals surface area contributed by atoms with Crippen molar-refractivity contribution >= 4 is 25.1 Å². The van der Waals surface area contributed by atoms with Gasteiger partial charge in [0, 0.05) is 13.1 Å². The third kappa shape index (κ3) is 5.28. The van der Waals surface area contributed by atoms with Gasteiger partial charge in [0.15, 0.2) is 6.66 Å². The van der Waals surface area contributed by atoms with Gasteiger partial charge in [-0.3, -0.25) is 20.2 Å². The number of benzene rings is 1. The van der Waals surface area contributed by atoms with Crippen LogP contribution in [-0.4, -0.2) is 28.5 Å². The summed E-state index contributed by atoms with van der Waals surface area (Å²) in [5.41, 5.74) is -0.349. The van der Waals surface area contributed by atoms with Crippen LogP contribution in [0, 0.1) is 20.2 Å². The van der Waals surface area contributed by atoms with Crippen LogP contribution >= 0.6 is 8.03 Å². The molecular weight excluding hydrogens is 265 g/mol. The lowest BCUT2D eigenvalue weighted by Gasteiger charge is -2.00. The largest absolute Gasteiger partial charge is 0.502 e. The Morgan fingerprint density at radius 2 is 1.78 bits per heavy atom. The molecule has 9 nitrogen and oxygen atoms in total. The quantitative estimate of drug-likeness (QED) is 0.488. The van der Waals surface area contributed by atoms with E-state index in [2.05, 4.69) is 5.32 Å². The zero-order valence-electron chi connectivity index (χ0n) is 9.56. The van der Waals surface area contributed by atoms with Gasteiger partial charge in [0.2, 0.25) is 0 Å². The van der Waals surface area contributed by atoms with Gasteiger partial charge >= 0.3 is 8.03 Å². The maximum atomic E-state index is 10.5. The van der Waals surface area contributed by atoms with E-state index < -0.39 is 17.9 Å². The van der Waals surface area contributed by atoms with E-state index >= 15 is 0 Å². The Bertz CT molecular complexity index is 474. The van der Waals surface area contributed by atoms with Crippen molar-refractivity contribution in [2.24, 2.45) is 0 Å². The average Bonchev–Trinajstić information content (AvgIpc) is 2.27. The third-order valence-corrected chi connectivity index (χ3v) is 1.66. The Labute approximate surface area is 103 Å². The zero-order chi connectivity index (χ0) is 14.3. The summed E-state index contributed by atoms with van der Waals surface area (Å²) in [7, 11) is -0.362. The Morgan fingerprint density at radius 1 is 1.28 bits per heavy atom. The molecule has 0 bridgehead atoms. The standard InChI is InChI=1S/C7H7N3O4.CH3O2P/c1-8-6-3-2-5(9(11)12)4-7(6)10(13)14;1-4(2)3/h2-4,8H,1H3;1H3/p+1. The van der Waals surface area contributed by atoms with Gasteiger partial charge in [-0.1, -0.05) is 0 Å². The van der Waals surface area contributed by atoms with Crippen molar-refractivity contribution in [2.75, 3.05) is 19.0 Å². The van der Waals surface area contributed by atoms with Gasteiger partial charge in [0.05, 0.1) is 15.9 Å². The highest BCUT2D eigenvalue weighted by Crippen LogP contribution is 2.28. The van der Waals surface area contributed by atoms with Crippen molar-refractivity contribution in [3.63, 3.8) is 0 Å². The predicted molar refractivity (Wildman–Crippen MR) is 65.0 cm³/mol. The molecular formula is C8H11N3O6P+. The highest BCUT2D eigenvalue weighted by Gasteiger charge is 2.17. The van der Waals surface area contributed by atoms with Gasteiger partial charge in [0.1, 0.15) is 5.69 Å². The lowest BCUT2D eigenvalue weighted by molar-refractivity contribution is -0.393. The first kappa shape index (κ1) is 15.9. The Kier molecular flexibility index (Phi) is 6.40. The summed E-state index contributed by atoms with van der Waals surface area (Å²) in [5, 5.41) is 23.4. The second-order valence-corrected chi connectivity index (χ2v) is 3.86. The fourth-order valence-electron chi connectivity index (χ4n) is 0.996. The first-order chi connectivity index (χ1) is 8.29. The first-order valence-corrected chi connectivity index (χ1v) is 6.15. The van der Waals surface area contributed by atoms with Crippen LogP contribution in [-0.2, 0) is 4.57 Å². The molecule has 1 aromatic carbocycles.